The molecule has 0 unspecified atom stereocenters. The molecule has 0 saturated carbocycles. The van der Waals surface area contributed by atoms with Gasteiger partial charge < -0.3 is 14.9 Å². The Kier molecular flexibility index (Phi) is 6.31. The molecule has 0 saturated heterocycles. The molecule has 0 radical (unpaired) electrons. The van der Waals surface area contributed by atoms with E-state index in [0.717, 1.165) is 11.1 Å². The molecule has 2 aromatic carbocycles. The third-order valence-corrected chi connectivity index (χ3v) is 4.35. The minimum atomic E-state index is -0.286. The van der Waals surface area contributed by atoms with Crippen LogP contribution in [0.15, 0.2) is 42.7 Å². The van der Waals surface area contributed by atoms with Crippen LogP contribution in [0.2, 0.25) is 5.02 Å². The summed E-state index contributed by atoms with van der Waals surface area (Å²) in [5, 5.41) is 7.03. The van der Waals surface area contributed by atoms with Crippen molar-refractivity contribution in [2.45, 2.75) is 20.1 Å². The van der Waals surface area contributed by atoms with Gasteiger partial charge in [0.1, 0.15) is 18.8 Å². The third kappa shape index (κ3) is 4.99. The van der Waals surface area contributed by atoms with Gasteiger partial charge in [-0.2, -0.15) is 5.10 Å². The predicted molar refractivity (Wildman–Crippen MR) is 104 cm³/mol. The van der Waals surface area contributed by atoms with E-state index < -0.39 is 0 Å². The van der Waals surface area contributed by atoms with Gasteiger partial charge in [-0.15, -0.1) is 0 Å². The van der Waals surface area contributed by atoms with Crippen LogP contribution >= 0.6 is 23.8 Å². The number of aromatic amines is 1. The summed E-state index contributed by atoms with van der Waals surface area (Å²) < 4.78 is 26.6. The third-order valence-electron chi connectivity index (χ3n) is 3.71. The Morgan fingerprint density at radius 3 is 2.63 bits per heavy atom. The first-order valence-corrected chi connectivity index (χ1v) is 9.03. The number of benzene rings is 2. The van der Waals surface area contributed by atoms with Gasteiger partial charge in [-0.3, -0.25) is 5.10 Å². The molecule has 0 atom stereocenters. The van der Waals surface area contributed by atoms with Gasteiger partial charge in [-0.25, -0.2) is 9.07 Å². The number of aromatic nitrogens is 3. The zero-order chi connectivity index (χ0) is 19.2. The molecule has 0 aliphatic carbocycles. The molecule has 27 heavy (non-hydrogen) atoms. The summed E-state index contributed by atoms with van der Waals surface area (Å²) in [4.78, 5) is 0. The Morgan fingerprint density at radius 2 is 1.96 bits per heavy atom. The normalized spacial score (nSPS) is 10.6. The van der Waals surface area contributed by atoms with Gasteiger partial charge >= 0.3 is 0 Å². The topological polar surface area (TPSA) is 64.1 Å². The Balaban J connectivity index is 1.75. The van der Waals surface area contributed by atoms with E-state index in [1.807, 2.05) is 13.0 Å². The lowest BCUT2D eigenvalue weighted by Gasteiger charge is -2.15. The Bertz CT molecular complexity index is 959. The zero-order valence-electron chi connectivity index (χ0n) is 14.5. The SMILES string of the molecule is CCOc1cc(CNn2cn[nH]c2=S)c(Cl)cc1OCc1ccc(F)cc1. The highest BCUT2D eigenvalue weighted by atomic mass is 35.5. The highest BCUT2D eigenvalue weighted by molar-refractivity contribution is 7.71. The van der Waals surface area contributed by atoms with Crippen molar-refractivity contribution in [1.82, 2.24) is 14.9 Å². The first-order chi connectivity index (χ1) is 13.1. The van der Waals surface area contributed by atoms with Crippen molar-refractivity contribution in [3.8, 4) is 11.5 Å². The molecule has 0 spiro atoms. The number of H-pyrrole nitrogens is 1. The number of nitrogens with zero attached hydrogens (tertiary/aromatic N) is 2. The van der Waals surface area contributed by atoms with Crippen molar-refractivity contribution in [1.29, 1.82) is 0 Å². The quantitative estimate of drug-likeness (QED) is 0.539. The maximum atomic E-state index is 13.0. The second-order valence-corrected chi connectivity index (χ2v) is 6.40. The van der Waals surface area contributed by atoms with E-state index in [2.05, 4.69) is 15.6 Å². The van der Waals surface area contributed by atoms with Crippen LogP contribution in [0.4, 0.5) is 4.39 Å². The monoisotopic (exact) mass is 408 g/mol. The molecule has 6 nitrogen and oxygen atoms in total. The Morgan fingerprint density at radius 1 is 1.22 bits per heavy atom. The van der Waals surface area contributed by atoms with E-state index in [1.54, 1.807) is 29.2 Å². The molecule has 3 aromatic rings. The van der Waals surface area contributed by atoms with Gasteiger partial charge in [0.2, 0.25) is 4.77 Å². The lowest BCUT2D eigenvalue weighted by molar-refractivity contribution is 0.269. The molecule has 9 heteroatoms. The second kappa shape index (κ2) is 8.88. The number of halogens is 2. The molecule has 2 N–H and O–H groups in total. The summed E-state index contributed by atoms with van der Waals surface area (Å²) in [5.41, 5.74) is 4.76. The summed E-state index contributed by atoms with van der Waals surface area (Å²) in [6.45, 7) is 3.07. The van der Waals surface area contributed by atoms with Crippen molar-refractivity contribution in [2.75, 3.05) is 12.0 Å². The summed E-state index contributed by atoms with van der Waals surface area (Å²) in [5.74, 6) is 0.817. The van der Waals surface area contributed by atoms with Crippen LogP contribution < -0.4 is 14.9 Å². The average Bonchev–Trinajstić information content (AvgIpc) is 3.07. The molecule has 0 amide bonds. The number of rotatable bonds is 8. The van der Waals surface area contributed by atoms with Gasteiger partial charge in [0.15, 0.2) is 11.5 Å². The van der Waals surface area contributed by atoms with Gasteiger partial charge in [-0.1, -0.05) is 23.7 Å². The fraction of sp³-hybridized carbons (Fsp3) is 0.222. The highest BCUT2D eigenvalue weighted by Crippen LogP contribution is 2.34. The highest BCUT2D eigenvalue weighted by Gasteiger charge is 2.12. The van der Waals surface area contributed by atoms with Crippen LogP contribution in [0, 0.1) is 10.6 Å². The van der Waals surface area contributed by atoms with Gasteiger partial charge in [0.05, 0.1) is 13.2 Å². The lowest BCUT2D eigenvalue weighted by atomic mass is 10.2. The smallest absolute Gasteiger partial charge is 0.214 e. The van der Waals surface area contributed by atoms with E-state index in [4.69, 9.17) is 33.3 Å². The van der Waals surface area contributed by atoms with E-state index in [9.17, 15) is 4.39 Å². The fourth-order valence-corrected chi connectivity index (χ4v) is 2.75. The van der Waals surface area contributed by atoms with Crippen LogP contribution in [0.5, 0.6) is 11.5 Å². The van der Waals surface area contributed by atoms with E-state index in [1.165, 1.54) is 12.1 Å². The maximum Gasteiger partial charge on any atom is 0.214 e. The summed E-state index contributed by atoms with van der Waals surface area (Å²) in [6, 6.07) is 9.66. The van der Waals surface area contributed by atoms with Crippen LogP contribution in [-0.2, 0) is 13.2 Å². The standard InChI is InChI=1S/C18H18ClFN4O2S/c1-2-25-16-7-13(9-22-24-11-21-23-18(24)27)15(19)8-17(16)26-10-12-3-5-14(20)6-4-12/h3-8,11,22H,2,9-10H2,1H3,(H,23,27). The molecule has 142 valence electrons. The minimum absolute atomic E-state index is 0.276. The van der Waals surface area contributed by atoms with Gasteiger partial charge in [-0.05, 0) is 48.5 Å². The van der Waals surface area contributed by atoms with E-state index in [-0.39, 0.29) is 12.4 Å². The fourth-order valence-electron chi connectivity index (χ4n) is 2.37. The van der Waals surface area contributed by atoms with Crippen LogP contribution in [-0.4, -0.2) is 21.5 Å². The Labute approximate surface area is 165 Å². The number of ether oxygens (including phenoxy) is 2. The van der Waals surface area contributed by atoms with Crippen molar-refractivity contribution in [2.24, 2.45) is 0 Å². The van der Waals surface area contributed by atoms with Gasteiger partial charge in [0, 0.05) is 11.1 Å². The predicted octanol–water partition coefficient (Wildman–Crippen LogP) is 4.45. The maximum absolute atomic E-state index is 13.0. The van der Waals surface area contributed by atoms with E-state index in [0.29, 0.717) is 34.4 Å². The van der Waals surface area contributed by atoms with Crippen molar-refractivity contribution in [3.05, 3.63) is 69.5 Å². The van der Waals surface area contributed by atoms with Crippen molar-refractivity contribution < 1.29 is 13.9 Å². The summed E-state index contributed by atoms with van der Waals surface area (Å²) in [7, 11) is 0. The largest absolute Gasteiger partial charge is 0.490 e. The molecule has 0 bridgehead atoms. The summed E-state index contributed by atoms with van der Waals surface area (Å²) in [6.07, 6.45) is 1.54. The molecule has 3 rings (SSSR count). The Hall–Kier alpha value is -2.58. The minimum Gasteiger partial charge on any atom is -0.490 e. The molecule has 1 aromatic heterocycles. The second-order valence-electron chi connectivity index (χ2n) is 5.60. The average molecular weight is 409 g/mol. The number of hydrogen-bond acceptors (Lipinski definition) is 5. The summed E-state index contributed by atoms with van der Waals surface area (Å²) >= 11 is 11.5. The first kappa shape index (κ1) is 19.2. The lowest BCUT2D eigenvalue weighted by Crippen LogP contribution is -2.14. The van der Waals surface area contributed by atoms with Crippen LogP contribution in [0.1, 0.15) is 18.1 Å². The zero-order valence-corrected chi connectivity index (χ0v) is 16.1. The molecule has 0 aliphatic rings. The van der Waals surface area contributed by atoms with Crippen molar-refractivity contribution >= 4 is 23.8 Å². The first-order valence-electron chi connectivity index (χ1n) is 8.25. The van der Waals surface area contributed by atoms with E-state index >= 15 is 0 Å². The molecule has 1 heterocycles. The van der Waals surface area contributed by atoms with Crippen molar-refractivity contribution in [3.63, 3.8) is 0 Å². The van der Waals surface area contributed by atoms with Gasteiger partial charge in [0.25, 0.3) is 0 Å². The molecular weight excluding hydrogens is 391 g/mol. The van der Waals surface area contributed by atoms with Crippen LogP contribution in [0.25, 0.3) is 0 Å². The molecule has 0 fully saturated rings. The molecule has 0 aliphatic heterocycles. The molecular formula is C18H18ClFN4O2S. The number of hydrogen-bond donors (Lipinski definition) is 2. The number of nitrogens with one attached hydrogen (secondary N) is 2. The van der Waals surface area contributed by atoms with Crippen LogP contribution in [0.3, 0.4) is 0 Å².